The number of fused-ring (bicyclic) bond motifs is 1. The molecule has 6 N–H and O–H groups in total. The van der Waals surface area contributed by atoms with E-state index in [1.807, 2.05) is 0 Å². The van der Waals surface area contributed by atoms with Gasteiger partial charge in [0, 0.05) is 112 Å². The van der Waals surface area contributed by atoms with Gasteiger partial charge in [-0.2, -0.15) is 30.4 Å². The van der Waals surface area contributed by atoms with Crippen LogP contribution in [0.25, 0.3) is 10.8 Å². The normalized spacial score (nSPS) is 11.6. The van der Waals surface area contributed by atoms with Crippen LogP contribution in [0.4, 0.5) is 22.7 Å². The Morgan fingerprint density at radius 1 is 0.681 bits per heavy atom. The molecule has 4 aromatic rings. The van der Waals surface area contributed by atoms with Gasteiger partial charge in [0.25, 0.3) is 36.3 Å². The van der Waals surface area contributed by atoms with Gasteiger partial charge < -0.3 is 15.7 Å². The molecular formula is C25H20N4Na3O12S3. The Hall–Kier alpha value is -1.79. The Morgan fingerprint density at radius 2 is 1.23 bits per heavy atom. The third-order valence-corrected chi connectivity index (χ3v) is 8.38. The zero-order valence-corrected chi connectivity index (χ0v) is 33.5. The summed E-state index contributed by atoms with van der Waals surface area (Å²) in [6.45, 7) is 1.07. The van der Waals surface area contributed by atoms with Gasteiger partial charge in [0.05, 0.1) is 21.2 Å². The van der Waals surface area contributed by atoms with Gasteiger partial charge in [-0.25, -0.2) is 0 Å². The van der Waals surface area contributed by atoms with E-state index in [1.165, 1.54) is 36.4 Å². The van der Waals surface area contributed by atoms with E-state index in [4.69, 9.17) is 4.55 Å². The van der Waals surface area contributed by atoms with Crippen LogP contribution < -0.4 is 10.6 Å². The van der Waals surface area contributed by atoms with Crippen molar-refractivity contribution < 1.29 is 53.6 Å². The van der Waals surface area contributed by atoms with E-state index in [-0.39, 0.29) is 127 Å². The molecule has 22 heteroatoms. The van der Waals surface area contributed by atoms with Crippen LogP contribution in [0.2, 0.25) is 0 Å². The summed E-state index contributed by atoms with van der Waals surface area (Å²) in [5, 5.41) is 22.7. The summed E-state index contributed by atoms with van der Waals surface area (Å²) in [6.07, 6.45) is 0. The first kappa shape index (κ1) is 43.2. The van der Waals surface area contributed by atoms with Crippen LogP contribution in [0.3, 0.4) is 0 Å². The quantitative estimate of drug-likeness (QED) is 0.0867. The average molecular weight is 734 g/mol. The predicted molar refractivity (Wildman–Crippen MR) is 172 cm³/mol. The number of anilines is 2. The van der Waals surface area contributed by atoms with Crippen molar-refractivity contribution in [2.75, 3.05) is 10.6 Å². The molecule has 0 aliphatic carbocycles. The van der Waals surface area contributed by atoms with Crippen LogP contribution in [-0.4, -0.2) is 145 Å². The molecule has 0 aliphatic rings. The summed E-state index contributed by atoms with van der Waals surface area (Å²) in [5.74, 6) is -2.23. The predicted octanol–water partition coefficient (Wildman–Crippen LogP) is 2.77. The molecule has 0 fully saturated rings. The fourth-order valence-electron chi connectivity index (χ4n) is 3.89. The molecule has 0 atom stereocenters. The molecule has 0 spiro atoms. The molecule has 0 bridgehead atoms. The average Bonchev–Trinajstić information content (AvgIpc) is 2.91. The molecule has 0 saturated heterocycles. The fourth-order valence-corrected chi connectivity index (χ4v) is 5.57. The summed E-state index contributed by atoms with van der Waals surface area (Å²) >= 11 is 0. The second kappa shape index (κ2) is 16.7. The minimum Gasteiger partial charge on any atom is -0.505 e. The van der Waals surface area contributed by atoms with E-state index in [0.717, 1.165) is 37.3 Å². The number of phenols is 1. The van der Waals surface area contributed by atoms with E-state index in [9.17, 15) is 49.1 Å². The van der Waals surface area contributed by atoms with Crippen LogP contribution >= 0.6 is 0 Å². The fraction of sp³-hybridized carbons (Fsp3) is 0.0400. The molecule has 0 unspecified atom stereocenters. The second-order valence-corrected chi connectivity index (χ2v) is 13.2. The number of rotatable bonds is 8. The van der Waals surface area contributed by atoms with Crippen LogP contribution in [0, 0.1) is 0 Å². The summed E-state index contributed by atoms with van der Waals surface area (Å²) in [6, 6.07) is 12.3. The number of phenolic OH excluding ortho intramolecular Hbond substituents is 1. The number of hydrogen-bond acceptors (Lipinski definition) is 11. The maximum atomic E-state index is 12.6. The van der Waals surface area contributed by atoms with E-state index in [0.29, 0.717) is 0 Å². The van der Waals surface area contributed by atoms with Crippen molar-refractivity contribution in [3.05, 3.63) is 72.3 Å². The van der Waals surface area contributed by atoms with Gasteiger partial charge in [-0.3, -0.25) is 23.2 Å². The van der Waals surface area contributed by atoms with Gasteiger partial charge in [0.1, 0.15) is 10.6 Å². The number of nitrogens with zero attached hydrogens (tertiary/aromatic N) is 2. The monoisotopic (exact) mass is 733 g/mol. The standard InChI is InChI=1S/C25H20N4O12S3.3Na/c1-13(30)26-20-12-19(43(36,37)38)10-15-11-21(44(39,40)41)23(24(31)22(15)20)29-28-17-4-2-14(3-5-17)25(32)27-16-6-8-18(9-7-16)42(33,34)35;;;/h2-12,31H,1H3,(H,26,30)(H,27,32)(H,33,34,35)(H,36,37,38)(H,39,40,41);;;. The summed E-state index contributed by atoms with van der Waals surface area (Å²) in [4.78, 5) is 22.2. The molecule has 16 nitrogen and oxygen atoms in total. The number of carbonyl (C=O) groups excluding carboxylic acids is 2. The minimum atomic E-state index is -5.11. The van der Waals surface area contributed by atoms with Gasteiger partial charge in [-0.1, -0.05) is 0 Å². The number of amides is 2. The van der Waals surface area contributed by atoms with Crippen molar-refractivity contribution in [2.24, 2.45) is 10.2 Å². The van der Waals surface area contributed by atoms with Gasteiger partial charge in [-0.05, 0) is 72.1 Å². The van der Waals surface area contributed by atoms with Crippen molar-refractivity contribution in [3.63, 3.8) is 0 Å². The van der Waals surface area contributed by atoms with Gasteiger partial charge >= 0.3 is 0 Å². The van der Waals surface area contributed by atoms with E-state index in [1.54, 1.807) is 0 Å². The number of benzene rings is 4. The van der Waals surface area contributed by atoms with E-state index in [2.05, 4.69) is 20.9 Å². The Morgan fingerprint density at radius 3 is 1.72 bits per heavy atom. The number of aromatic hydroxyl groups is 1. The number of azo groups is 1. The van der Waals surface area contributed by atoms with E-state index >= 15 is 0 Å². The Kier molecular flexibility index (Phi) is 15.4. The maximum Gasteiger partial charge on any atom is 0.296 e. The first-order valence-electron chi connectivity index (χ1n) is 11.8. The zero-order valence-electron chi connectivity index (χ0n) is 25.0. The Balaban J connectivity index is 0.00000368. The third-order valence-electron chi connectivity index (χ3n) is 5.81. The summed E-state index contributed by atoms with van der Waals surface area (Å²) < 4.78 is 98.4. The van der Waals surface area contributed by atoms with Crippen molar-refractivity contribution in [1.82, 2.24) is 0 Å². The second-order valence-electron chi connectivity index (χ2n) is 8.97. The molecule has 0 heterocycles. The van der Waals surface area contributed by atoms with Crippen LogP contribution in [-0.2, 0) is 35.1 Å². The number of carbonyl (C=O) groups is 2. The molecule has 233 valence electrons. The van der Waals surface area contributed by atoms with Gasteiger partial charge in [-0.15, -0.1) is 5.11 Å². The molecular weight excluding hydrogens is 713 g/mol. The molecule has 47 heavy (non-hydrogen) atoms. The van der Waals surface area contributed by atoms with Gasteiger partial charge in [0.2, 0.25) is 5.91 Å². The van der Waals surface area contributed by atoms with Crippen molar-refractivity contribution in [3.8, 4) is 5.75 Å². The Labute approximate surface area is 334 Å². The zero-order chi connectivity index (χ0) is 32.6. The molecule has 0 aliphatic heterocycles. The van der Waals surface area contributed by atoms with Crippen molar-refractivity contribution in [1.29, 1.82) is 0 Å². The first-order valence-corrected chi connectivity index (χ1v) is 16.1. The topological polar surface area (TPSA) is 266 Å². The summed E-state index contributed by atoms with van der Waals surface area (Å²) in [5.41, 5.74) is -0.728. The molecule has 3 radical (unpaired) electrons. The molecule has 4 rings (SSSR count). The van der Waals surface area contributed by atoms with Crippen molar-refractivity contribution in [2.45, 2.75) is 21.6 Å². The van der Waals surface area contributed by atoms with Crippen LogP contribution in [0.5, 0.6) is 5.75 Å². The van der Waals surface area contributed by atoms with Crippen LogP contribution in [0.15, 0.2) is 91.6 Å². The van der Waals surface area contributed by atoms with Crippen molar-refractivity contribution >= 4 is 164 Å². The molecule has 2 amide bonds. The molecule has 0 aromatic heterocycles. The third kappa shape index (κ3) is 10.8. The number of hydrogen-bond donors (Lipinski definition) is 6. The maximum absolute atomic E-state index is 12.6. The number of nitrogens with one attached hydrogen (secondary N) is 2. The van der Waals surface area contributed by atoms with E-state index < -0.39 is 63.4 Å². The van der Waals surface area contributed by atoms with Gasteiger partial charge in [0.15, 0.2) is 5.75 Å². The SMILES string of the molecule is CC(=O)Nc1cc(S(=O)(=O)O)cc2cc(S(=O)(=O)O)c(N=Nc3ccc(C(=O)Nc4ccc(S(=O)(=O)O)cc4)cc3)c(O)c12.[Na].[Na].[Na]. The molecule has 4 aromatic carbocycles. The molecule has 0 saturated carbocycles. The van der Waals surface area contributed by atoms with Crippen LogP contribution in [0.1, 0.15) is 17.3 Å². The minimum absolute atomic E-state index is 0. The summed E-state index contributed by atoms with van der Waals surface area (Å²) in [7, 11) is -14.4. The largest absolute Gasteiger partial charge is 0.505 e. The first-order chi connectivity index (χ1) is 20.3. The smallest absolute Gasteiger partial charge is 0.296 e. The Bertz CT molecular complexity index is 2200.